The van der Waals surface area contributed by atoms with Crippen LogP contribution in [0.5, 0.6) is 0 Å². The number of aromatic amines is 1. The number of amides is 2. The molecule has 9 nitrogen and oxygen atoms in total. The Hall–Kier alpha value is -4.14. The molecule has 2 fully saturated rings. The summed E-state index contributed by atoms with van der Waals surface area (Å²) in [6.45, 7) is 2.99. The van der Waals surface area contributed by atoms with E-state index in [1.54, 1.807) is 15.8 Å². The van der Waals surface area contributed by atoms with Gasteiger partial charge in [0.25, 0.3) is 5.91 Å². The third-order valence-electron chi connectivity index (χ3n) is 7.54. The molecule has 2 aliphatic rings. The van der Waals surface area contributed by atoms with Crippen molar-refractivity contribution in [2.75, 3.05) is 11.9 Å². The molecule has 2 aromatic carbocycles. The van der Waals surface area contributed by atoms with Crippen molar-refractivity contribution in [3.8, 4) is 5.69 Å². The molecule has 9 heteroatoms. The van der Waals surface area contributed by atoms with Gasteiger partial charge in [-0.25, -0.2) is 9.78 Å². The van der Waals surface area contributed by atoms with E-state index in [1.165, 1.54) is 0 Å². The molecule has 1 aliphatic carbocycles. The highest BCUT2D eigenvalue weighted by molar-refractivity contribution is 6.03. The molecule has 1 saturated heterocycles. The zero-order valence-corrected chi connectivity index (χ0v) is 20.1. The van der Waals surface area contributed by atoms with Crippen LogP contribution in [0.1, 0.15) is 31.4 Å². The first-order valence-electron chi connectivity index (χ1n) is 12.4. The maximum absolute atomic E-state index is 13.3. The van der Waals surface area contributed by atoms with E-state index in [2.05, 4.69) is 15.3 Å². The van der Waals surface area contributed by atoms with E-state index in [0.717, 1.165) is 28.8 Å². The van der Waals surface area contributed by atoms with Crippen LogP contribution in [0.2, 0.25) is 0 Å². The van der Waals surface area contributed by atoms with Gasteiger partial charge in [0.15, 0.2) is 0 Å². The van der Waals surface area contributed by atoms with Gasteiger partial charge in [-0.3, -0.25) is 14.2 Å². The number of benzene rings is 2. The molecule has 2 N–H and O–H groups in total. The Labute approximate surface area is 207 Å². The number of imidazole rings is 2. The highest BCUT2D eigenvalue weighted by Crippen LogP contribution is 2.56. The largest absolute Gasteiger partial charge is 0.328 e. The molecule has 1 aliphatic heterocycles. The number of carbonyl (C=O) groups is 2. The molecular formula is C27H28N6O3. The van der Waals surface area contributed by atoms with Crippen LogP contribution < -0.4 is 11.0 Å². The molecule has 0 radical (unpaired) electrons. The van der Waals surface area contributed by atoms with Crippen LogP contribution in [-0.2, 0) is 16.1 Å². The molecule has 184 valence electrons. The molecule has 2 aromatic heterocycles. The van der Waals surface area contributed by atoms with Crippen molar-refractivity contribution >= 4 is 28.5 Å². The van der Waals surface area contributed by atoms with Gasteiger partial charge in [0.1, 0.15) is 5.54 Å². The molecular weight excluding hydrogens is 456 g/mol. The number of aromatic nitrogens is 4. The smallest absolute Gasteiger partial charge is 0.326 e. The number of hydrogen-bond acceptors (Lipinski definition) is 4. The van der Waals surface area contributed by atoms with Crippen molar-refractivity contribution in [1.82, 2.24) is 24.0 Å². The van der Waals surface area contributed by atoms with E-state index in [4.69, 9.17) is 0 Å². The highest BCUT2D eigenvalue weighted by Gasteiger charge is 2.68. The summed E-state index contributed by atoms with van der Waals surface area (Å²) in [5.41, 5.74) is 3.32. The second-order valence-corrected chi connectivity index (χ2v) is 9.79. The van der Waals surface area contributed by atoms with Crippen molar-refractivity contribution in [2.45, 2.75) is 44.7 Å². The number of anilines is 1. The van der Waals surface area contributed by atoms with Crippen LogP contribution in [0.4, 0.5) is 5.69 Å². The van der Waals surface area contributed by atoms with Gasteiger partial charge in [-0.15, -0.1) is 0 Å². The van der Waals surface area contributed by atoms with Gasteiger partial charge in [0.05, 0.1) is 23.1 Å². The fourth-order valence-electron chi connectivity index (χ4n) is 5.59. The third-order valence-corrected chi connectivity index (χ3v) is 7.54. The fraction of sp³-hybridized carbons (Fsp3) is 0.333. The first-order valence-corrected chi connectivity index (χ1v) is 12.4. The Balaban J connectivity index is 1.10. The van der Waals surface area contributed by atoms with Gasteiger partial charge < -0.3 is 19.8 Å². The number of piperidine rings is 1. The van der Waals surface area contributed by atoms with Gasteiger partial charge in [0, 0.05) is 37.1 Å². The number of nitrogens with zero attached hydrogens (tertiary/aromatic N) is 4. The molecule has 0 bridgehead atoms. The summed E-state index contributed by atoms with van der Waals surface area (Å²) in [6, 6.07) is 15.1. The van der Waals surface area contributed by atoms with E-state index >= 15 is 0 Å². The third kappa shape index (κ3) is 3.71. The maximum atomic E-state index is 13.3. The van der Waals surface area contributed by atoms with E-state index in [1.807, 2.05) is 66.2 Å². The number of nitrogens with one attached hydrogen (secondary N) is 2. The minimum atomic E-state index is -0.741. The number of carbonyl (C=O) groups excluding carboxylic acids is 2. The average molecular weight is 485 g/mol. The Morgan fingerprint density at radius 1 is 1.17 bits per heavy atom. The Kier molecular flexibility index (Phi) is 5.28. The van der Waals surface area contributed by atoms with Crippen LogP contribution in [0, 0.1) is 12.8 Å². The number of likely N-dealkylation sites (tertiary alicyclic amines) is 1. The predicted molar refractivity (Wildman–Crippen MR) is 136 cm³/mol. The normalized spacial score (nSPS) is 20.5. The first kappa shape index (κ1) is 22.3. The standard InChI is InChI=1S/C27H28N6O3/c1-18-16-31(17-28-18)21-10-8-20(9-11-21)29-25(35)27-15-19(27)12-14-33(27)24(34)7-4-13-32-23-6-3-2-5-22(23)30-26(32)36/h2-3,5-6,8-11,16-17,19H,4,7,12-15H2,1H3,(H,29,35)(H,30,36). The Morgan fingerprint density at radius 3 is 2.72 bits per heavy atom. The zero-order chi connectivity index (χ0) is 24.9. The lowest BCUT2D eigenvalue weighted by molar-refractivity contribution is -0.139. The predicted octanol–water partition coefficient (Wildman–Crippen LogP) is 3.23. The molecule has 4 aromatic rings. The van der Waals surface area contributed by atoms with E-state index in [-0.39, 0.29) is 23.4 Å². The molecule has 2 atom stereocenters. The number of fused-ring (bicyclic) bond motifs is 2. The van der Waals surface area contributed by atoms with Crippen molar-refractivity contribution in [3.05, 3.63) is 77.2 Å². The van der Waals surface area contributed by atoms with Crippen molar-refractivity contribution < 1.29 is 9.59 Å². The number of aryl methyl sites for hydroxylation is 2. The minimum Gasteiger partial charge on any atom is -0.328 e. The molecule has 1 saturated carbocycles. The zero-order valence-electron chi connectivity index (χ0n) is 20.1. The van der Waals surface area contributed by atoms with Gasteiger partial charge in [-0.2, -0.15) is 0 Å². The van der Waals surface area contributed by atoms with Crippen LogP contribution in [-0.4, -0.2) is 47.9 Å². The Morgan fingerprint density at radius 2 is 1.97 bits per heavy atom. The lowest BCUT2D eigenvalue weighted by atomic mass is 10.1. The Bertz CT molecular complexity index is 1510. The summed E-state index contributed by atoms with van der Waals surface area (Å²) >= 11 is 0. The summed E-state index contributed by atoms with van der Waals surface area (Å²) in [7, 11) is 0. The first-order chi connectivity index (χ1) is 17.5. The molecule has 6 rings (SSSR count). The second-order valence-electron chi connectivity index (χ2n) is 9.79. The summed E-state index contributed by atoms with van der Waals surface area (Å²) in [5.74, 6) is 0.0761. The number of rotatable bonds is 7. The monoisotopic (exact) mass is 484 g/mol. The molecule has 2 unspecified atom stereocenters. The van der Waals surface area contributed by atoms with E-state index < -0.39 is 5.54 Å². The van der Waals surface area contributed by atoms with Gasteiger partial charge in [-0.05, 0) is 68.5 Å². The van der Waals surface area contributed by atoms with Gasteiger partial charge in [-0.1, -0.05) is 12.1 Å². The number of hydrogen-bond donors (Lipinski definition) is 2. The van der Waals surface area contributed by atoms with E-state index in [0.29, 0.717) is 38.0 Å². The number of para-hydroxylation sites is 2. The maximum Gasteiger partial charge on any atom is 0.326 e. The summed E-state index contributed by atoms with van der Waals surface area (Å²) in [5, 5.41) is 3.03. The topological polar surface area (TPSA) is 105 Å². The van der Waals surface area contributed by atoms with Crippen LogP contribution >= 0.6 is 0 Å². The SMILES string of the molecule is Cc1cn(-c2ccc(NC(=O)C34CC3CCN4C(=O)CCCn3c(=O)[nH]c4ccccc43)cc2)cn1. The van der Waals surface area contributed by atoms with E-state index in [9.17, 15) is 14.4 Å². The second kappa shape index (κ2) is 8.51. The van der Waals surface area contributed by atoms with Crippen molar-refractivity contribution in [3.63, 3.8) is 0 Å². The molecule has 3 heterocycles. The quantitative estimate of drug-likeness (QED) is 0.420. The van der Waals surface area contributed by atoms with Crippen LogP contribution in [0.15, 0.2) is 65.8 Å². The molecule has 36 heavy (non-hydrogen) atoms. The van der Waals surface area contributed by atoms with Crippen molar-refractivity contribution in [1.29, 1.82) is 0 Å². The minimum absolute atomic E-state index is 0.0242. The average Bonchev–Trinajstić information content (AvgIpc) is 3.13. The summed E-state index contributed by atoms with van der Waals surface area (Å²) in [4.78, 5) is 47.7. The fourth-order valence-corrected chi connectivity index (χ4v) is 5.59. The van der Waals surface area contributed by atoms with Crippen LogP contribution in [0.25, 0.3) is 16.7 Å². The van der Waals surface area contributed by atoms with Crippen LogP contribution in [0.3, 0.4) is 0 Å². The van der Waals surface area contributed by atoms with Crippen molar-refractivity contribution in [2.24, 2.45) is 5.92 Å². The molecule has 0 spiro atoms. The lowest BCUT2D eigenvalue weighted by Crippen LogP contribution is -2.48. The summed E-state index contributed by atoms with van der Waals surface area (Å²) in [6.07, 6.45) is 6.09. The number of H-pyrrole nitrogens is 1. The van der Waals surface area contributed by atoms with Gasteiger partial charge >= 0.3 is 5.69 Å². The highest BCUT2D eigenvalue weighted by atomic mass is 16.2. The summed E-state index contributed by atoms with van der Waals surface area (Å²) < 4.78 is 3.60. The molecule has 2 amide bonds. The van der Waals surface area contributed by atoms with Gasteiger partial charge in [0.2, 0.25) is 5.91 Å². The lowest BCUT2D eigenvalue weighted by Gasteiger charge is -2.28.